The lowest BCUT2D eigenvalue weighted by Crippen LogP contribution is -2.25. The molecule has 0 saturated heterocycles. The summed E-state index contributed by atoms with van der Waals surface area (Å²) in [6, 6.07) is 1.59. The van der Waals surface area contributed by atoms with Crippen LogP contribution in [0.3, 0.4) is 0 Å². The third kappa shape index (κ3) is 3.60. The minimum Gasteiger partial charge on any atom is -0.343 e. The van der Waals surface area contributed by atoms with Crippen molar-refractivity contribution in [1.29, 1.82) is 0 Å². The molecule has 0 saturated carbocycles. The molecule has 0 atom stereocenters. The van der Waals surface area contributed by atoms with Crippen LogP contribution < -0.4 is 10.0 Å². The second-order valence-electron chi connectivity index (χ2n) is 3.66. The highest BCUT2D eigenvalue weighted by Gasteiger charge is 2.19. The number of hydrogen-bond acceptors (Lipinski definition) is 7. The number of sulfonamides is 1. The van der Waals surface area contributed by atoms with Gasteiger partial charge in [0.15, 0.2) is 5.82 Å². The van der Waals surface area contributed by atoms with Gasteiger partial charge in [-0.15, -0.1) is 11.3 Å². The largest absolute Gasteiger partial charge is 0.343 e. The molecule has 0 amide bonds. The summed E-state index contributed by atoms with van der Waals surface area (Å²) in [5.41, 5.74) is 0. The molecule has 0 spiro atoms. The van der Waals surface area contributed by atoms with Crippen molar-refractivity contribution in [2.24, 2.45) is 0 Å². The first-order chi connectivity index (χ1) is 9.13. The minimum atomic E-state index is -3.56. The first-order valence-electron chi connectivity index (χ1n) is 5.65. The number of hydrogen-bond donors (Lipinski definition) is 2. The van der Waals surface area contributed by atoms with E-state index >= 15 is 0 Å². The van der Waals surface area contributed by atoms with Crippen LogP contribution in [0.2, 0.25) is 0 Å². The fourth-order valence-electron chi connectivity index (χ4n) is 1.44. The molecule has 2 aromatic rings. The van der Waals surface area contributed by atoms with Crippen molar-refractivity contribution in [1.82, 2.24) is 20.2 Å². The monoisotopic (exact) mass is 302 g/mol. The second kappa shape index (κ2) is 6.24. The summed E-state index contributed by atoms with van der Waals surface area (Å²) < 4.78 is 31.3. The maximum atomic E-state index is 12.2. The molecule has 0 unspecified atom stereocenters. The van der Waals surface area contributed by atoms with Crippen LogP contribution in [0.4, 0.5) is 0 Å². The summed E-state index contributed by atoms with van der Waals surface area (Å²) in [5, 5.41) is 8.42. The number of aromatic nitrogens is 2. The van der Waals surface area contributed by atoms with Gasteiger partial charge < -0.3 is 9.84 Å². The van der Waals surface area contributed by atoms with E-state index in [9.17, 15) is 8.42 Å². The van der Waals surface area contributed by atoms with Crippen LogP contribution in [-0.2, 0) is 23.1 Å². The van der Waals surface area contributed by atoms with E-state index in [1.807, 2.05) is 6.92 Å². The molecule has 0 aliphatic heterocycles. The molecule has 2 heterocycles. The molecule has 19 heavy (non-hydrogen) atoms. The van der Waals surface area contributed by atoms with Crippen LogP contribution in [0, 0.1) is 0 Å². The van der Waals surface area contributed by atoms with Gasteiger partial charge in [-0.3, -0.25) is 0 Å². The highest BCUT2D eigenvalue weighted by atomic mass is 32.2. The maximum Gasteiger partial charge on any atom is 0.242 e. The van der Waals surface area contributed by atoms with Crippen LogP contribution in [0.5, 0.6) is 0 Å². The summed E-state index contributed by atoms with van der Waals surface area (Å²) >= 11 is 1.41. The van der Waals surface area contributed by atoms with Crippen molar-refractivity contribution in [3.05, 3.63) is 28.5 Å². The van der Waals surface area contributed by atoms with E-state index in [0.717, 1.165) is 17.8 Å². The molecular formula is C10H14N4O3S2. The van der Waals surface area contributed by atoms with Crippen LogP contribution >= 0.6 is 11.3 Å². The van der Waals surface area contributed by atoms with Gasteiger partial charge in [-0.2, -0.15) is 4.98 Å². The van der Waals surface area contributed by atoms with Crippen LogP contribution in [-0.4, -0.2) is 25.1 Å². The first-order valence-corrected chi connectivity index (χ1v) is 8.01. The third-order valence-corrected chi connectivity index (χ3v) is 4.89. The smallest absolute Gasteiger partial charge is 0.242 e. The van der Waals surface area contributed by atoms with Crippen molar-refractivity contribution in [3.63, 3.8) is 0 Å². The zero-order chi connectivity index (χ0) is 13.7. The number of nitrogens with one attached hydrogen (secondary N) is 2. The molecular weight excluding hydrogens is 288 g/mol. The van der Waals surface area contributed by atoms with Gasteiger partial charge in [-0.1, -0.05) is 12.1 Å². The molecule has 0 radical (unpaired) electrons. The Morgan fingerprint density at radius 3 is 2.95 bits per heavy atom. The molecule has 0 aliphatic rings. The van der Waals surface area contributed by atoms with E-state index in [-0.39, 0.29) is 6.54 Å². The maximum absolute atomic E-state index is 12.2. The van der Waals surface area contributed by atoms with Crippen molar-refractivity contribution >= 4 is 21.4 Å². The van der Waals surface area contributed by atoms with Gasteiger partial charge in [0, 0.05) is 11.4 Å². The Bertz CT molecular complexity index is 607. The van der Waals surface area contributed by atoms with Crippen molar-refractivity contribution < 1.29 is 12.9 Å². The average Bonchev–Trinajstić information content (AvgIpc) is 3.05. The van der Waals surface area contributed by atoms with E-state index in [4.69, 9.17) is 0 Å². The molecule has 0 aromatic carbocycles. The lowest BCUT2D eigenvalue weighted by atomic mass is 10.4. The fourth-order valence-corrected chi connectivity index (χ4v) is 3.83. The quantitative estimate of drug-likeness (QED) is 0.782. The lowest BCUT2D eigenvalue weighted by Gasteiger charge is -2.06. The Kier molecular flexibility index (Phi) is 4.64. The molecule has 9 heteroatoms. The van der Waals surface area contributed by atoms with Gasteiger partial charge in [-0.25, -0.2) is 13.1 Å². The zero-order valence-electron chi connectivity index (χ0n) is 10.3. The summed E-state index contributed by atoms with van der Waals surface area (Å²) in [4.78, 5) is 4.83. The first kappa shape index (κ1) is 14.1. The Balaban J connectivity index is 2.08. The van der Waals surface area contributed by atoms with Crippen LogP contribution in [0.1, 0.15) is 17.6 Å². The molecule has 2 rings (SSSR count). The standard InChI is InChI=1S/C10H14N4O3S2/c1-2-11-5-8-9(3-4-18-8)19(15,16)13-6-10-12-7-17-14-10/h3-4,7,11,13H,2,5-6H2,1H3. The van der Waals surface area contributed by atoms with Gasteiger partial charge in [0.25, 0.3) is 0 Å². The van der Waals surface area contributed by atoms with Gasteiger partial charge in [0.1, 0.15) is 0 Å². The average molecular weight is 302 g/mol. The molecule has 104 valence electrons. The molecule has 0 aliphatic carbocycles. The van der Waals surface area contributed by atoms with Crippen molar-refractivity contribution in [2.45, 2.75) is 24.9 Å². The highest BCUT2D eigenvalue weighted by molar-refractivity contribution is 7.89. The fraction of sp³-hybridized carbons (Fsp3) is 0.400. The van der Waals surface area contributed by atoms with Gasteiger partial charge in [0.05, 0.1) is 11.4 Å². The van der Waals surface area contributed by atoms with Crippen molar-refractivity contribution in [2.75, 3.05) is 6.54 Å². The predicted octanol–water partition coefficient (Wildman–Crippen LogP) is 0.719. The number of nitrogens with zero attached hydrogens (tertiary/aromatic N) is 2. The Morgan fingerprint density at radius 1 is 1.42 bits per heavy atom. The number of thiophene rings is 1. The third-order valence-electron chi connectivity index (χ3n) is 2.36. The zero-order valence-corrected chi connectivity index (χ0v) is 11.9. The van der Waals surface area contributed by atoms with Crippen LogP contribution in [0.25, 0.3) is 0 Å². The Morgan fingerprint density at radius 2 is 2.26 bits per heavy atom. The topological polar surface area (TPSA) is 97.1 Å². The van der Waals surface area contributed by atoms with E-state index in [0.29, 0.717) is 17.3 Å². The highest BCUT2D eigenvalue weighted by Crippen LogP contribution is 2.21. The molecule has 2 aromatic heterocycles. The van der Waals surface area contributed by atoms with E-state index < -0.39 is 10.0 Å². The second-order valence-corrected chi connectivity index (χ2v) is 6.40. The lowest BCUT2D eigenvalue weighted by molar-refractivity contribution is 0.409. The predicted molar refractivity (Wildman–Crippen MR) is 70.0 cm³/mol. The van der Waals surface area contributed by atoms with Gasteiger partial charge in [-0.05, 0) is 18.0 Å². The summed E-state index contributed by atoms with van der Waals surface area (Å²) in [6.45, 7) is 3.30. The Labute approximate surface area is 115 Å². The molecule has 7 nitrogen and oxygen atoms in total. The molecule has 0 fully saturated rings. The molecule has 0 bridgehead atoms. The SMILES string of the molecule is CCNCc1sccc1S(=O)(=O)NCc1ncon1. The molecule has 2 N–H and O–H groups in total. The minimum absolute atomic E-state index is 0.00925. The van der Waals surface area contributed by atoms with Gasteiger partial charge in [0.2, 0.25) is 16.4 Å². The van der Waals surface area contributed by atoms with E-state index in [1.165, 1.54) is 11.3 Å². The summed E-state index contributed by atoms with van der Waals surface area (Å²) in [6.07, 6.45) is 1.16. The Hall–Kier alpha value is -1.29. The summed E-state index contributed by atoms with van der Waals surface area (Å²) in [5.74, 6) is 0.298. The normalized spacial score (nSPS) is 11.8. The number of rotatable bonds is 7. The van der Waals surface area contributed by atoms with E-state index in [2.05, 4.69) is 24.7 Å². The van der Waals surface area contributed by atoms with Crippen LogP contribution in [0.15, 0.2) is 27.3 Å². The van der Waals surface area contributed by atoms with Gasteiger partial charge >= 0.3 is 0 Å². The van der Waals surface area contributed by atoms with E-state index in [1.54, 1.807) is 11.4 Å². The van der Waals surface area contributed by atoms with Crippen molar-refractivity contribution in [3.8, 4) is 0 Å². The summed E-state index contributed by atoms with van der Waals surface area (Å²) in [7, 11) is -3.56.